The SMILES string of the molecule is O=CN(O)C(CS(=O)(=O)N1CCN(c2ccc(F)cc2)CC1)C1CCN(S(=O)(=O)c2ccccc2)CC1. The molecule has 37 heavy (non-hydrogen) atoms. The van der Waals surface area contributed by atoms with E-state index in [1.54, 1.807) is 30.3 Å². The van der Waals surface area contributed by atoms with Crippen molar-refractivity contribution in [3.05, 3.63) is 60.4 Å². The number of sulfonamides is 2. The average molecular weight is 555 g/mol. The maximum atomic E-state index is 13.3. The Balaban J connectivity index is 1.39. The molecule has 10 nitrogen and oxygen atoms in total. The van der Waals surface area contributed by atoms with Gasteiger partial charge in [-0.3, -0.25) is 10.0 Å². The van der Waals surface area contributed by atoms with Crippen LogP contribution >= 0.6 is 0 Å². The molecule has 2 saturated heterocycles. The first-order valence-corrected chi connectivity index (χ1v) is 15.1. The minimum Gasteiger partial charge on any atom is -0.369 e. The van der Waals surface area contributed by atoms with Crippen molar-refractivity contribution in [1.29, 1.82) is 0 Å². The highest BCUT2D eigenvalue weighted by Crippen LogP contribution is 2.29. The molecule has 0 radical (unpaired) electrons. The molecule has 1 amide bonds. The zero-order valence-electron chi connectivity index (χ0n) is 20.3. The maximum absolute atomic E-state index is 13.3. The molecule has 2 fully saturated rings. The Morgan fingerprint density at radius 1 is 0.892 bits per heavy atom. The lowest BCUT2D eigenvalue weighted by molar-refractivity contribution is -0.164. The summed E-state index contributed by atoms with van der Waals surface area (Å²) in [5, 5.41) is 10.7. The number of hydrogen-bond donors (Lipinski definition) is 1. The largest absolute Gasteiger partial charge is 0.369 e. The first-order valence-electron chi connectivity index (χ1n) is 12.1. The van der Waals surface area contributed by atoms with Crippen LogP contribution in [0, 0.1) is 11.7 Å². The van der Waals surface area contributed by atoms with Gasteiger partial charge in [0.25, 0.3) is 0 Å². The van der Waals surface area contributed by atoms with Gasteiger partial charge in [0, 0.05) is 45.0 Å². The van der Waals surface area contributed by atoms with Crippen molar-refractivity contribution in [2.45, 2.75) is 23.8 Å². The van der Waals surface area contributed by atoms with E-state index >= 15 is 0 Å². The lowest BCUT2D eigenvalue weighted by atomic mass is 9.91. The zero-order valence-corrected chi connectivity index (χ0v) is 21.9. The minimum absolute atomic E-state index is 0.154. The molecule has 1 atom stereocenters. The number of anilines is 1. The minimum atomic E-state index is -3.83. The maximum Gasteiger partial charge on any atom is 0.243 e. The van der Waals surface area contributed by atoms with E-state index in [0.717, 1.165) is 5.69 Å². The Hall–Kier alpha value is -2.58. The summed E-state index contributed by atoms with van der Waals surface area (Å²) in [6.07, 6.45) is 0.796. The molecule has 4 rings (SSSR count). The van der Waals surface area contributed by atoms with E-state index in [-0.39, 0.29) is 43.3 Å². The second kappa shape index (κ2) is 11.4. The van der Waals surface area contributed by atoms with Crippen molar-refractivity contribution in [2.75, 3.05) is 49.9 Å². The van der Waals surface area contributed by atoms with E-state index in [4.69, 9.17) is 0 Å². The standard InChI is InChI=1S/C24H31FN4O6S2/c25-21-6-8-22(9-7-21)26-14-16-27(17-15-26)36(32,33)18-24(29(31)19-30)20-10-12-28(13-11-20)37(34,35)23-4-2-1-3-5-23/h1-9,19-20,24,31H,10-18H2. The second-order valence-corrected chi connectivity index (χ2v) is 13.2. The lowest BCUT2D eigenvalue weighted by Gasteiger charge is -2.39. The Labute approximate surface area is 216 Å². The molecule has 2 aromatic rings. The fourth-order valence-corrected chi connectivity index (χ4v) is 8.22. The van der Waals surface area contributed by atoms with Gasteiger partial charge >= 0.3 is 0 Å². The van der Waals surface area contributed by atoms with Crippen molar-refractivity contribution in [2.24, 2.45) is 5.92 Å². The van der Waals surface area contributed by atoms with E-state index in [0.29, 0.717) is 31.0 Å². The average Bonchev–Trinajstić information content (AvgIpc) is 2.92. The quantitative estimate of drug-likeness (QED) is 0.284. The van der Waals surface area contributed by atoms with Gasteiger partial charge in [0.2, 0.25) is 26.5 Å². The number of amides is 1. The van der Waals surface area contributed by atoms with Crippen LogP contribution in [0.5, 0.6) is 0 Å². The van der Waals surface area contributed by atoms with Gasteiger partial charge in [-0.25, -0.2) is 26.3 Å². The number of hydrogen-bond acceptors (Lipinski definition) is 7. The van der Waals surface area contributed by atoms with E-state index in [1.807, 2.05) is 4.90 Å². The molecule has 2 aliphatic heterocycles. The summed E-state index contributed by atoms with van der Waals surface area (Å²) in [6, 6.07) is 13.1. The van der Waals surface area contributed by atoms with Crippen molar-refractivity contribution in [3.63, 3.8) is 0 Å². The molecule has 0 aromatic heterocycles. The highest BCUT2D eigenvalue weighted by molar-refractivity contribution is 7.89. The number of nitrogens with zero attached hydrogens (tertiary/aromatic N) is 4. The van der Waals surface area contributed by atoms with E-state index in [9.17, 15) is 31.2 Å². The molecule has 202 valence electrons. The van der Waals surface area contributed by atoms with Crippen LogP contribution in [-0.2, 0) is 24.8 Å². The van der Waals surface area contributed by atoms with Crippen LogP contribution in [0.15, 0.2) is 59.5 Å². The third-order valence-corrected chi connectivity index (χ3v) is 10.9. The summed E-state index contributed by atoms with van der Waals surface area (Å²) in [5.74, 6) is -1.20. The predicted octanol–water partition coefficient (Wildman–Crippen LogP) is 1.59. The molecule has 13 heteroatoms. The molecule has 2 aliphatic rings. The molecular formula is C24H31FN4O6S2. The third-order valence-electron chi connectivity index (χ3n) is 7.08. The summed E-state index contributed by atoms with van der Waals surface area (Å²) in [7, 11) is -7.51. The molecule has 1 N–H and O–H groups in total. The summed E-state index contributed by atoms with van der Waals surface area (Å²) in [6.45, 7) is 1.58. The van der Waals surface area contributed by atoms with Crippen LogP contribution in [0.1, 0.15) is 12.8 Å². The van der Waals surface area contributed by atoms with Crippen molar-refractivity contribution < 1.29 is 31.2 Å². The number of carbonyl (C=O) groups excluding carboxylic acids is 1. The summed E-state index contributed by atoms with van der Waals surface area (Å²) >= 11 is 0. The van der Waals surface area contributed by atoms with Crippen LogP contribution in [0.3, 0.4) is 0 Å². The third kappa shape index (κ3) is 6.29. The fourth-order valence-electron chi connectivity index (χ4n) is 4.95. The second-order valence-electron chi connectivity index (χ2n) is 9.25. The highest BCUT2D eigenvalue weighted by atomic mass is 32.2. The molecule has 0 saturated carbocycles. The topological polar surface area (TPSA) is 119 Å². The molecule has 0 aliphatic carbocycles. The van der Waals surface area contributed by atoms with Crippen LogP contribution in [0.25, 0.3) is 0 Å². The summed E-state index contributed by atoms with van der Waals surface area (Å²) in [4.78, 5) is 13.6. The Kier molecular flexibility index (Phi) is 8.49. The molecule has 0 spiro atoms. The number of carbonyl (C=O) groups is 1. The fraction of sp³-hybridized carbons (Fsp3) is 0.458. The first-order chi connectivity index (χ1) is 17.6. The summed E-state index contributed by atoms with van der Waals surface area (Å²) in [5.41, 5.74) is 0.802. The number of benzene rings is 2. The van der Waals surface area contributed by atoms with Gasteiger partial charge in [-0.15, -0.1) is 0 Å². The summed E-state index contributed by atoms with van der Waals surface area (Å²) < 4.78 is 68.2. The molecule has 0 bridgehead atoms. The van der Waals surface area contributed by atoms with E-state index in [1.165, 1.54) is 32.9 Å². The molecule has 1 unspecified atom stereocenters. The molecule has 2 aromatic carbocycles. The van der Waals surface area contributed by atoms with Gasteiger partial charge in [0.05, 0.1) is 16.7 Å². The Morgan fingerprint density at radius 2 is 1.49 bits per heavy atom. The Bertz CT molecular complexity index is 1260. The lowest BCUT2D eigenvalue weighted by Crippen LogP contribution is -2.53. The molecular weight excluding hydrogens is 523 g/mol. The van der Waals surface area contributed by atoms with Gasteiger partial charge in [-0.05, 0) is 55.2 Å². The van der Waals surface area contributed by atoms with Crippen LogP contribution < -0.4 is 4.90 Å². The van der Waals surface area contributed by atoms with Crippen LogP contribution in [0.2, 0.25) is 0 Å². The number of piperazine rings is 1. The number of hydroxylamine groups is 2. The normalized spacial score (nSPS) is 19.5. The van der Waals surface area contributed by atoms with Crippen molar-refractivity contribution >= 4 is 32.1 Å². The number of piperidine rings is 1. The van der Waals surface area contributed by atoms with Gasteiger partial charge in [-0.1, -0.05) is 18.2 Å². The first kappa shape index (κ1) is 27.5. The van der Waals surface area contributed by atoms with Gasteiger partial charge in [0.15, 0.2) is 0 Å². The smallest absolute Gasteiger partial charge is 0.243 e. The van der Waals surface area contributed by atoms with Gasteiger partial charge in [0.1, 0.15) is 5.82 Å². The zero-order chi connectivity index (χ0) is 26.6. The number of rotatable bonds is 9. The van der Waals surface area contributed by atoms with Gasteiger partial charge in [-0.2, -0.15) is 8.61 Å². The van der Waals surface area contributed by atoms with Crippen molar-refractivity contribution in [3.8, 4) is 0 Å². The highest BCUT2D eigenvalue weighted by Gasteiger charge is 2.39. The van der Waals surface area contributed by atoms with Gasteiger partial charge < -0.3 is 4.90 Å². The van der Waals surface area contributed by atoms with Crippen LogP contribution in [0.4, 0.5) is 10.1 Å². The Morgan fingerprint density at radius 3 is 2.05 bits per heavy atom. The van der Waals surface area contributed by atoms with E-state index in [2.05, 4.69) is 0 Å². The van der Waals surface area contributed by atoms with Crippen molar-refractivity contribution in [1.82, 2.24) is 13.7 Å². The monoisotopic (exact) mass is 554 g/mol. The van der Waals surface area contributed by atoms with Crippen LogP contribution in [-0.4, -0.2) is 93.2 Å². The predicted molar refractivity (Wildman–Crippen MR) is 135 cm³/mol. The number of halogens is 1. The van der Waals surface area contributed by atoms with E-state index < -0.39 is 37.8 Å². The molecule has 2 heterocycles.